The normalized spacial score (nSPS) is 11.0. The molecule has 0 spiro atoms. The minimum absolute atomic E-state index is 0.106. The maximum absolute atomic E-state index is 13.3. The Morgan fingerprint density at radius 1 is 1.07 bits per heavy atom. The summed E-state index contributed by atoms with van der Waals surface area (Å²) in [6.45, 7) is 7.13. The Balaban J connectivity index is 2.06. The Bertz CT molecular complexity index is 1020. The van der Waals surface area contributed by atoms with Gasteiger partial charge in [0.25, 0.3) is 0 Å². The lowest BCUT2D eigenvalue weighted by Crippen LogP contribution is -2.12. The molecule has 0 bridgehead atoms. The van der Waals surface area contributed by atoms with Gasteiger partial charge in [-0.1, -0.05) is 19.1 Å². The number of carbonyl (C=O) groups excluding carboxylic acids is 1. The summed E-state index contributed by atoms with van der Waals surface area (Å²) in [6.07, 6.45) is 0.618. The molecule has 0 saturated heterocycles. The number of aliphatic carboxylic acids is 1. The molecule has 0 atom stereocenters. The van der Waals surface area contributed by atoms with Gasteiger partial charge in [-0.2, -0.15) is 0 Å². The summed E-state index contributed by atoms with van der Waals surface area (Å²) in [7, 11) is 0. The van der Waals surface area contributed by atoms with Crippen LogP contribution in [0.25, 0.3) is 11.0 Å². The van der Waals surface area contributed by atoms with Gasteiger partial charge in [-0.25, -0.2) is 4.79 Å². The van der Waals surface area contributed by atoms with Crippen molar-refractivity contribution in [3.8, 4) is 5.75 Å². The molecule has 0 saturated carbocycles. The Labute approximate surface area is 157 Å². The second-order valence-corrected chi connectivity index (χ2v) is 6.70. The maximum atomic E-state index is 13.3. The fourth-order valence-corrected chi connectivity index (χ4v) is 3.34. The van der Waals surface area contributed by atoms with E-state index in [0.717, 1.165) is 22.1 Å². The summed E-state index contributed by atoms with van der Waals surface area (Å²) in [5.74, 6) is 0.0200. The van der Waals surface area contributed by atoms with E-state index in [1.165, 1.54) is 0 Å². The first-order chi connectivity index (χ1) is 12.8. The number of rotatable bonds is 6. The van der Waals surface area contributed by atoms with E-state index < -0.39 is 12.6 Å². The number of hydrogen-bond acceptors (Lipinski definition) is 4. The van der Waals surface area contributed by atoms with Crippen molar-refractivity contribution in [2.45, 2.75) is 34.1 Å². The third-order valence-electron chi connectivity index (χ3n) is 4.53. The van der Waals surface area contributed by atoms with E-state index >= 15 is 0 Å². The lowest BCUT2D eigenvalue weighted by Gasteiger charge is -2.12. The molecule has 3 rings (SSSR count). The molecule has 1 heterocycles. The summed E-state index contributed by atoms with van der Waals surface area (Å²) in [5.41, 5.74) is 4.35. The van der Waals surface area contributed by atoms with E-state index in [9.17, 15) is 9.59 Å². The fourth-order valence-electron chi connectivity index (χ4n) is 3.34. The van der Waals surface area contributed by atoms with Crippen molar-refractivity contribution < 1.29 is 23.8 Å². The minimum atomic E-state index is -1.04. The molecule has 27 heavy (non-hydrogen) atoms. The Morgan fingerprint density at radius 2 is 1.74 bits per heavy atom. The molecule has 0 aliphatic carbocycles. The first-order valence-corrected chi connectivity index (χ1v) is 8.84. The highest BCUT2D eigenvalue weighted by molar-refractivity contribution is 6.17. The van der Waals surface area contributed by atoms with Crippen molar-refractivity contribution in [3.63, 3.8) is 0 Å². The molecule has 5 heteroatoms. The summed E-state index contributed by atoms with van der Waals surface area (Å²) in [5, 5.41) is 9.62. The number of ether oxygens (including phenoxy) is 1. The fraction of sp³-hybridized carbons (Fsp3) is 0.273. The molecule has 1 N–H and O–H groups in total. The third kappa shape index (κ3) is 3.58. The number of ketones is 1. The maximum Gasteiger partial charge on any atom is 0.341 e. The van der Waals surface area contributed by atoms with Crippen LogP contribution in [0.3, 0.4) is 0 Å². The molecule has 0 aliphatic rings. The molecule has 0 amide bonds. The molecule has 3 aromatic rings. The highest BCUT2D eigenvalue weighted by atomic mass is 16.5. The van der Waals surface area contributed by atoms with E-state index in [2.05, 4.69) is 0 Å². The highest BCUT2D eigenvalue weighted by Crippen LogP contribution is 2.31. The zero-order chi connectivity index (χ0) is 19.7. The number of benzene rings is 2. The van der Waals surface area contributed by atoms with Gasteiger partial charge in [-0.15, -0.1) is 0 Å². The van der Waals surface area contributed by atoms with Gasteiger partial charge in [0.2, 0.25) is 0 Å². The van der Waals surface area contributed by atoms with Crippen LogP contribution in [0, 0.1) is 20.8 Å². The van der Waals surface area contributed by atoms with Crippen LogP contribution in [0.15, 0.2) is 34.7 Å². The zero-order valence-electron chi connectivity index (χ0n) is 15.9. The van der Waals surface area contributed by atoms with Crippen molar-refractivity contribution in [1.82, 2.24) is 0 Å². The van der Waals surface area contributed by atoms with Crippen LogP contribution < -0.4 is 4.74 Å². The first kappa shape index (κ1) is 18.7. The van der Waals surface area contributed by atoms with Gasteiger partial charge in [0.1, 0.15) is 17.1 Å². The number of furan rings is 1. The van der Waals surface area contributed by atoms with Crippen LogP contribution in [-0.2, 0) is 11.2 Å². The zero-order valence-corrected chi connectivity index (χ0v) is 15.9. The van der Waals surface area contributed by atoms with Gasteiger partial charge < -0.3 is 14.3 Å². The van der Waals surface area contributed by atoms with E-state index in [1.807, 2.05) is 32.0 Å². The van der Waals surface area contributed by atoms with E-state index in [4.69, 9.17) is 14.3 Å². The number of carboxylic acid groups (broad SMARTS) is 1. The molecule has 5 nitrogen and oxygen atoms in total. The van der Waals surface area contributed by atoms with Crippen LogP contribution in [0.5, 0.6) is 5.75 Å². The molecule has 140 valence electrons. The molecule has 2 aromatic carbocycles. The number of hydrogen-bond donors (Lipinski definition) is 1. The van der Waals surface area contributed by atoms with Gasteiger partial charge in [0.15, 0.2) is 12.4 Å². The SMILES string of the molecule is CCc1oc2cc(C)ccc2c1C(=O)c1cc(C)c(OCC(=O)O)c(C)c1. The average Bonchev–Trinajstić information content (AvgIpc) is 2.97. The van der Waals surface area contributed by atoms with Crippen molar-refractivity contribution in [3.05, 3.63) is 63.9 Å². The molecular formula is C22H22O5. The van der Waals surface area contributed by atoms with Crippen LogP contribution in [0.1, 0.15) is 45.3 Å². The Hall–Kier alpha value is -3.08. The summed E-state index contributed by atoms with van der Waals surface area (Å²) >= 11 is 0. The number of fused-ring (bicyclic) bond motifs is 1. The van der Waals surface area contributed by atoms with Crippen LogP contribution in [0.2, 0.25) is 0 Å². The lowest BCUT2D eigenvalue weighted by molar-refractivity contribution is -0.139. The largest absolute Gasteiger partial charge is 0.481 e. The van der Waals surface area contributed by atoms with Gasteiger partial charge in [0, 0.05) is 17.4 Å². The van der Waals surface area contributed by atoms with Gasteiger partial charge in [-0.3, -0.25) is 4.79 Å². The van der Waals surface area contributed by atoms with Gasteiger partial charge >= 0.3 is 5.97 Å². The summed E-state index contributed by atoms with van der Waals surface area (Å²) in [6, 6.07) is 9.29. The van der Waals surface area contributed by atoms with Crippen molar-refractivity contribution >= 4 is 22.7 Å². The topological polar surface area (TPSA) is 76.7 Å². The van der Waals surface area contributed by atoms with Crippen molar-refractivity contribution in [2.75, 3.05) is 6.61 Å². The molecule has 0 unspecified atom stereocenters. The van der Waals surface area contributed by atoms with Gasteiger partial charge in [0.05, 0.1) is 5.56 Å². The second kappa shape index (κ2) is 7.27. The predicted molar refractivity (Wildman–Crippen MR) is 103 cm³/mol. The molecular weight excluding hydrogens is 344 g/mol. The van der Waals surface area contributed by atoms with Crippen LogP contribution in [0.4, 0.5) is 0 Å². The van der Waals surface area contributed by atoms with Gasteiger partial charge in [-0.05, 0) is 55.7 Å². The molecule has 0 aliphatic heterocycles. The van der Waals surface area contributed by atoms with Crippen molar-refractivity contribution in [2.24, 2.45) is 0 Å². The molecule has 0 fully saturated rings. The smallest absolute Gasteiger partial charge is 0.341 e. The Morgan fingerprint density at radius 3 is 2.33 bits per heavy atom. The predicted octanol–water partition coefficient (Wildman–Crippen LogP) is 4.61. The van der Waals surface area contributed by atoms with Crippen LogP contribution >= 0.6 is 0 Å². The monoisotopic (exact) mass is 366 g/mol. The van der Waals surface area contributed by atoms with E-state index in [1.54, 1.807) is 26.0 Å². The minimum Gasteiger partial charge on any atom is -0.481 e. The first-order valence-electron chi connectivity index (χ1n) is 8.84. The quantitative estimate of drug-likeness (QED) is 0.645. The molecule has 0 radical (unpaired) electrons. The van der Waals surface area contributed by atoms with E-state index in [-0.39, 0.29) is 5.78 Å². The second-order valence-electron chi connectivity index (χ2n) is 6.70. The molecule has 1 aromatic heterocycles. The van der Waals surface area contributed by atoms with Crippen LogP contribution in [-0.4, -0.2) is 23.5 Å². The van der Waals surface area contributed by atoms with E-state index in [0.29, 0.717) is 34.6 Å². The summed E-state index contributed by atoms with van der Waals surface area (Å²) in [4.78, 5) is 24.0. The highest BCUT2D eigenvalue weighted by Gasteiger charge is 2.22. The number of aryl methyl sites for hydroxylation is 4. The standard InChI is InChI=1S/C22H22O5/c1-5-17-20(16-7-6-12(2)8-18(16)27-17)21(25)15-9-13(3)22(14(4)10-15)26-11-19(23)24/h6-10H,5,11H2,1-4H3,(H,23,24). The average molecular weight is 366 g/mol. The third-order valence-corrected chi connectivity index (χ3v) is 4.53. The number of carbonyl (C=O) groups is 2. The lowest BCUT2D eigenvalue weighted by atomic mass is 9.96. The van der Waals surface area contributed by atoms with Crippen molar-refractivity contribution in [1.29, 1.82) is 0 Å². The number of carboxylic acids is 1. The Kier molecular flexibility index (Phi) is 5.04. The summed E-state index contributed by atoms with van der Waals surface area (Å²) < 4.78 is 11.3.